The van der Waals surface area contributed by atoms with Crippen LogP contribution >= 0.6 is 23.2 Å². The van der Waals surface area contributed by atoms with E-state index in [0.29, 0.717) is 65.9 Å². The van der Waals surface area contributed by atoms with Gasteiger partial charge >= 0.3 is 0 Å². The molecule has 0 atom stereocenters. The molecule has 1 saturated heterocycles. The Labute approximate surface area is 197 Å². The summed E-state index contributed by atoms with van der Waals surface area (Å²) in [6.45, 7) is 2.37. The maximum absolute atomic E-state index is 12.7. The Balaban J connectivity index is 1.36. The van der Waals surface area contributed by atoms with Crippen LogP contribution in [0.3, 0.4) is 0 Å². The lowest BCUT2D eigenvalue weighted by Crippen LogP contribution is -2.31. The van der Waals surface area contributed by atoms with Crippen LogP contribution in [0, 0.1) is 0 Å². The molecule has 10 heteroatoms. The SMILES string of the molecule is O=C(NCCCN1CCCC1=O)c1cnc(NCc2cc(Cl)ccc2Cl)nc1NC1CC1. The highest BCUT2D eigenvalue weighted by Crippen LogP contribution is 2.26. The van der Waals surface area contributed by atoms with E-state index >= 15 is 0 Å². The Morgan fingerprint density at radius 1 is 1.25 bits per heavy atom. The maximum atomic E-state index is 12.7. The number of anilines is 2. The average Bonchev–Trinajstić information content (AvgIpc) is 3.50. The lowest BCUT2D eigenvalue weighted by Gasteiger charge is -2.16. The molecule has 170 valence electrons. The summed E-state index contributed by atoms with van der Waals surface area (Å²) >= 11 is 12.3. The summed E-state index contributed by atoms with van der Waals surface area (Å²) in [4.78, 5) is 35.1. The molecule has 2 heterocycles. The number of nitrogens with one attached hydrogen (secondary N) is 3. The van der Waals surface area contributed by atoms with Crippen molar-refractivity contribution < 1.29 is 9.59 Å². The number of likely N-dealkylation sites (tertiary alicyclic amines) is 1. The summed E-state index contributed by atoms with van der Waals surface area (Å²) in [5.74, 6) is 0.871. The monoisotopic (exact) mass is 476 g/mol. The van der Waals surface area contributed by atoms with E-state index in [2.05, 4.69) is 25.9 Å². The zero-order valence-electron chi connectivity index (χ0n) is 17.7. The van der Waals surface area contributed by atoms with Crippen molar-refractivity contribution in [3.63, 3.8) is 0 Å². The van der Waals surface area contributed by atoms with Crippen molar-refractivity contribution in [1.82, 2.24) is 20.2 Å². The molecule has 1 aromatic carbocycles. The van der Waals surface area contributed by atoms with Crippen LogP contribution < -0.4 is 16.0 Å². The predicted octanol–water partition coefficient (Wildman–Crippen LogP) is 3.71. The molecule has 2 aromatic rings. The van der Waals surface area contributed by atoms with E-state index in [1.54, 1.807) is 18.2 Å². The largest absolute Gasteiger partial charge is 0.367 e. The minimum Gasteiger partial charge on any atom is -0.367 e. The summed E-state index contributed by atoms with van der Waals surface area (Å²) in [6, 6.07) is 5.60. The summed E-state index contributed by atoms with van der Waals surface area (Å²) in [5.41, 5.74) is 1.23. The number of amides is 2. The van der Waals surface area contributed by atoms with Crippen molar-refractivity contribution in [2.24, 2.45) is 0 Å². The topological polar surface area (TPSA) is 99.2 Å². The van der Waals surface area contributed by atoms with Gasteiger partial charge in [-0.25, -0.2) is 4.98 Å². The van der Waals surface area contributed by atoms with E-state index < -0.39 is 0 Å². The van der Waals surface area contributed by atoms with Gasteiger partial charge in [0.05, 0.1) is 0 Å². The van der Waals surface area contributed by atoms with Crippen molar-refractivity contribution in [1.29, 1.82) is 0 Å². The number of benzene rings is 1. The lowest BCUT2D eigenvalue weighted by atomic mass is 10.2. The molecule has 2 fully saturated rings. The first kappa shape index (κ1) is 22.6. The third kappa shape index (κ3) is 6.01. The molecule has 32 heavy (non-hydrogen) atoms. The van der Waals surface area contributed by atoms with Gasteiger partial charge < -0.3 is 20.9 Å². The minimum atomic E-state index is -0.231. The van der Waals surface area contributed by atoms with Gasteiger partial charge in [-0.2, -0.15) is 4.98 Å². The lowest BCUT2D eigenvalue weighted by molar-refractivity contribution is -0.127. The molecule has 1 saturated carbocycles. The van der Waals surface area contributed by atoms with Gasteiger partial charge in [-0.3, -0.25) is 9.59 Å². The number of halogens is 2. The maximum Gasteiger partial charge on any atom is 0.256 e. The van der Waals surface area contributed by atoms with E-state index in [1.807, 2.05) is 4.90 Å². The number of nitrogens with zero attached hydrogens (tertiary/aromatic N) is 3. The number of rotatable bonds is 10. The van der Waals surface area contributed by atoms with Crippen LogP contribution in [-0.4, -0.2) is 52.4 Å². The second-order valence-electron chi connectivity index (χ2n) is 8.06. The molecule has 1 aliphatic heterocycles. The van der Waals surface area contributed by atoms with Crippen molar-refractivity contribution in [2.45, 2.75) is 44.7 Å². The standard InChI is InChI=1S/C22H26Cl2N6O2/c23-15-4-7-18(24)14(11-15)12-26-22-27-13-17(20(29-22)28-16-5-6-16)21(32)25-8-2-10-30-9-1-3-19(30)31/h4,7,11,13,16H,1-3,5-6,8-10,12H2,(H,25,32)(H2,26,27,28,29). The van der Waals surface area contributed by atoms with Gasteiger partial charge in [-0.1, -0.05) is 23.2 Å². The molecule has 0 bridgehead atoms. The molecule has 3 N–H and O–H groups in total. The summed E-state index contributed by atoms with van der Waals surface area (Å²) in [7, 11) is 0. The number of hydrogen-bond donors (Lipinski definition) is 3. The van der Waals surface area contributed by atoms with Crippen LogP contribution in [0.1, 0.15) is 48.0 Å². The fourth-order valence-electron chi connectivity index (χ4n) is 3.52. The number of hydrogen-bond acceptors (Lipinski definition) is 6. The van der Waals surface area contributed by atoms with Crippen LogP contribution in [0.15, 0.2) is 24.4 Å². The minimum absolute atomic E-state index is 0.197. The first-order chi connectivity index (χ1) is 15.5. The Bertz CT molecular complexity index is 998. The fourth-order valence-corrected chi connectivity index (χ4v) is 3.90. The van der Waals surface area contributed by atoms with Gasteiger partial charge in [0.2, 0.25) is 11.9 Å². The van der Waals surface area contributed by atoms with E-state index in [0.717, 1.165) is 31.4 Å². The third-order valence-electron chi connectivity index (χ3n) is 5.46. The number of aromatic nitrogens is 2. The van der Waals surface area contributed by atoms with E-state index in [-0.39, 0.29) is 11.8 Å². The van der Waals surface area contributed by atoms with Gasteiger partial charge in [0.15, 0.2) is 0 Å². The molecular weight excluding hydrogens is 451 g/mol. The molecule has 0 radical (unpaired) electrons. The highest BCUT2D eigenvalue weighted by molar-refractivity contribution is 6.33. The summed E-state index contributed by atoms with van der Waals surface area (Å²) in [5, 5.41) is 10.6. The van der Waals surface area contributed by atoms with Gasteiger partial charge in [0.1, 0.15) is 11.4 Å². The number of carbonyl (C=O) groups is 2. The zero-order chi connectivity index (χ0) is 22.5. The van der Waals surface area contributed by atoms with Crippen LogP contribution in [0.5, 0.6) is 0 Å². The molecular formula is C22H26Cl2N6O2. The molecule has 0 unspecified atom stereocenters. The van der Waals surface area contributed by atoms with Gasteiger partial charge in [0.25, 0.3) is 5.91 Å². The van der Waals surface area contributed by atoms with Gasteiger partial charge in [-0.05, 0) is 49.4 Å². The van der Waals surface area contributed by atoms with Crippen molar-refractivity contribution in [3.05, 3.63) is 45.6 Å². The molecule has 4 rings (SSSR count). The number of carbonyl (C=O) groups excluding carboxylic acids is 2. The first-order valence-corrected chi connectivity index (χ1v) is 11.6. The van der Waals surface area contributed by atoms with E-state index in [9.17, 15) is 9.59 Å². The molecule has 1 aliphatic carbocycles. The van der Waals surface area contributed by atoms with Crippen LogP contribution in [0.2, 0.25) is 10.0 Å². The Hall–Kier alpha value is -2.58. The normalized spacial score (nSPS) is 15.7. The summed E-state index contributed by atoms with van der Waals surface area (Å²) in [6.07, 6.45) is 5.89. The Morgan fingerprint density at radius 2 is 2.09 bits per heavy atom. The van der Waals surface area contributed by atoms with Crippen LogP contribution in [-0.2, 0) is 11.3 Å². The highest BCUT2D eigenvalue weighted by atomic mass is 35.5. The van der Waals surface area contributed by atoms with E-state index in [1.165, 1.54) is 6.20 Å². The first-order valence-electron chi connectivity index (χ1n) is 10.9. The molecule has 2 aliphatic rings. The highest BCUT2D eigenvalue weighted by Gasteiger charge is 2.25. The fraction of sp³-hybridized carbons (Fsp3) is 0.455. The van der Waals surface area contributed by atoms with Crippen molar-refractivity contribution in [2.75, 3.05) is 30.3 Å². The smallest absolute Gasteiger partial charge is 0.256 e. The average molecular weight is 477 g/mol. The van der Waals surface area contributed by atoms with Crippen molar-refractivity contribution >= 4 is 46.8 Å². The zero-order valence-corrected chi connectivity index (χ0v) is 19.2. The van der Waals surface area contributed by atoms with Crippen LogP contribution in [0.4, 0.5) is 11.8 Å². The van der Waals surface area contributed by atoms with Gasteiger partial charge in [0, 0.05) is 54.9 Å². The molecule has 2 amide bonds. The molecule has 0 spiro atoms. The quantitative estimate of drug-likeness (QED) is 0.452. The Morgan fingerprint density at radius 3 is 2.84 bits per heavy atom. The second kappa shape index (κ2) is 10.4. The van der Waals surface area contributed by atoms with Gasteiger partial charge in [-0.15, -0.1) is 0 Å². The predicted molar refractivity (Wildman–Crippen MR) is 125 cm³/mol. The Kier molecular flexibility index (Phi) is 7.32. The van der Waals surface area contributed by atoms with Crippen LogP contribution in [0.25, 0.3) is 0 Å². The summed E-state index contributed by atoms with van der Waals surface area (Å²) < 4.78 is 0. The van der Waals surface area contributed by atoms with Crippen molar-refractivity contribution in [3.8, 4) is 0 Å². The molecule has 1 aromatic heterocycles. The second-order valence-corrected chi connectivity index (χ2v) is 8.90. The molecule has 8 nitrogen and oxygen atoms in total. The third-order valence-corrected chi connectivity index (χ3v) is 6.06. The van der Waals surface area contributed by atoms with E-state index in [4.69, 9.17) is 23.2 Å².